The first-order chi connectivity index (χ1) is 23.7. The summed E-state index contributed by atoms with van der Waals surface area (Å²) >= 11 is 11.4. The number of carbonyl (C=O) groups is 5. The molecule has 0 spiro atoms. The summed E-state index contributed by atoms with van der Waals surface area (Å²) in [7, 11) is 0. The number of nitrogens with one attached hydrogen (secondary N) is 1. The minimum Gasteiger partial charge on any atom is -0.465 e. The number of nitrogens with zero attached hydrogens (tertiary/aromatic N) is 2. The molecule has 4 rings (SSSR count). The van der Waals surface area contributed by atoms with Gasteiger partial charge in [-0.3, -0.25) is 10.1 Å². The van der Waals surface area contributed by atoms with Crippen molar-refractivity contribution in [1.29, 1.82) is 0 Å². The molecule has 0 atom stereocenters. The number of benzene rings is 2. The molecule has 51 heavy (non-hydrogen) atoms. The number of carbonyl (C=O) groups excluding carboxylic acids is 5. The maximum Gasteiger partial charge on any atom is 0.410 e. The molecule has 2 heterocycles. The number of likely N-dealkylation sites (tertiary alicyclic amines) is 2. The third-order valence-corrected chi connectivity index (χ3v) is 7.57. The number of ether oxygens (including phenoxy) is 4. The monoisotopic (exact) mass is 752 g/mol. The van der Waals surface area contributed by atoms with Gasteiger partial charge in [-0.15, -0.1) is 0 Å². The molecule has 0 aromatic heterocycles. The van der Waals surface area contributed by atoms with Crippen LogP contribution in [0.25, 0.3) is 0 Å². The van der Waals surface area contributed by atoms with E-state index in [0.29, 0.717) is 22.2 Å². The third kappa shape index (κ3) is 14.0. The molecule has 0 aliphatic carbocycles. The third-order valence-electron chi connectivity index (χ3n) is 7.07. The Morgan fingerprint density at radius 3 is 1.57 bits per heavy atom. The highest BCUT2D eigenvalue weighted by Crippen LogP contribution is 2.26. The van der Waals surface area contributed by atoms with Crippen LogP contribution >= 0.6 is 23.2 Å². The van der Waals surface area contributed by atoms with Crippen molar-refractivity contribution in [2.45, 2.75) is 84.2 Å². The zero-order chi connectivity index (χ0) is 38.6. The Labute approximate surface area is 310 Å². The van der Waals surface area contributed by atoms with Crippen molar-refractivity contribution < 1.29 is 42.9 Å². The van der Waals surface area contributed by atoms with E-state index in [-0.39, 0.29) is 45.4 Å². The summed E-state index contributed by atoms with van der Waals surface area (Å²) in [6.07, 6.45) is -0.0975. The number of hydrogen-bond acceptors (Lipinski definition) is 11. The van der Waals surface area contributed by atoms with Crippen LogP contribution in [0.5, 0.6) is 0 Å². The molecule has 0 unspecified atom stereocenters. The molecule has 2 aliphatic heterocycles. The molecule has 2 aliphatic rings. The molecule has 2 saturated heterocycles. The second kappa shape index (κ2) is 18.5. The summed E-state index contributed by atoms with van der Waals surface area (Å²) < 4.78 is 20.5. The molecule has 0 bridgehead atoms. The van der Waals surface area contributed by atoms with Crippen LogP contribution in [0.2, 0.25) is 10.0 Å². The van der Waals surface area contributed by atoms with Crippen LogP contribution in [0, 0.1) is 0 Å². The molecule has 282 valence electrons. The van der Waals surface area contributed by atoms with Crippen molar-refractivity contribution in [2.24, 2.45) is 5.73 Å². The van der Waals surface area contributed by atoms with Crippen molar-refractivity contribution in [2.75, 3.05) is 39.4 Å². The molecule has 2 aromatic rings. The van der Waals surface area contributed by atoms with E-state index >= 15 is 0 Å². The molecule has 2 aromatic carbocycles. The predicted octanol–water partition coefficient (Wildman–Crippen LogP) is 5.63. The summed E-state index contributed by atoms with van der Waals surface area (Å²) in [6, 6.07) is 14.1. The topological polar surface area (TPSA) is 167 Å². The largest absolute Gasteiger partial charge is 0.465 e. The summed E-state index contributed by atoms with van der Waals surface area (Å²) in [5.74, 6) is -0.830. The molecule has 2 fully saturated rings. The Hall–Kier alpha value is -3.91. The van der Waals surface area contributed by atoms with Gasteiger partial charge in [-0.2, -0.15) is 0 Å². The molecule has 0 saturated carbocycles. The zero-order valence-electron chi connectivity index (χ0n) is 30.5. The second-order valence-electron chi connectivity index (χ2n) is 14.0. The van der Waals surface area contributed by atoms with E-state index in [1.807, 2.05) is 32.9 Å². The highest BCUT2D eigenvalue weighted by molar-refractivity contribution is 6.30. The van der Waals surface area contributed by atoms with Crippen LogP contribution in [-0.4, -0.2) is 102 Å². The van der Waals surface area contributed by atoms with Gasteiger partial charge in [-0.05, 0) is 85.2 Å². The molecule has 2 amide bonds. The van der Waals surface area contributed by atoms with Gasteiger partial charge in [0.05, 0.1) is 39.4 Å². The van der Waals surface area contributed by atoms with Gasteiger partial charge in [0.25, 0.3) is 0 Å². The average molecular weight is 754 g/mol. The fraction of sp³-hybridized carbons (Fsp3) is 0.528. The number of nitrogens with two attached hydrogens (primary N) is 1. The van der Waals surface area contributed by atoms with Crippen LogP contribution in [-0.2, 0) is 35.1 Å². The van der Waals surface area contributed by atoms with Crippen molar-refractivity contribution in [3.63, 3.8) is 0 Å². The molecular formula is C36H50Cl2N4O9. The van der Waals surface area contributed by atoms with E-state index in [1.54, 1.807) is 71.0 Å². The second-order valence-corrected chi connectivity index (χ2v) is 14.9. The quantitative estimate of drug-likeness (QED) is 0.195. The first-order valence-corrected chi connectivity index (χ1v) is 17.2. The number of amides is 2. The van der Waals surface area contributed by atoms with Crippen LogP contribution in [0.1, 0.15) is 71.3 Å². The van der Waals surface area contributed by atoms with Gasteiger partial charge in [0, 0.05) is 22.2 Å². The SMILES string of the molecule is CCOC(=O)C1(N)CN(C(=O)OC(C)(C)C)C1.CCOC(=O)C1(NCc2ccc(Cl)cc2)CN(C(=O)OC(C)(C)C)C1.O=Cc1ccc(Cl)cc1. The fourth-order valence-electron chi connectivity index (χ4n) is 4.55. The number of rotatable bonds is 8. The lowest BCUT2D eigenvalue weighted by Crippen LogP contribution is -2.74. The number of hydrogen-bond donors (Lipinski definition) is 2. The van der Waals surface area contributed by atoms with Gasteiger partial charge in [0.2, 0.25) is 0 Å². The first-order valence-electron chi connectivity index (χ1n) is 16.5. The van der Waals surface area contributed by atoms with E-state index in [1.165, 1.54) is 9.80 Å². The Kier molecular flexibility index (Phi) is 15.7. The number of aldehydes is 1. The number of halogens is 2. The van der Waals surface area contributed by atoms with Gasteiger partial charge in [-0.25, -0.2) is 19.2 Å². The lowest BCUT2D eigenvalue weighted by atomic mass is 9.89. The van der Waals surface area contributed by atoms with E-state index < -0.39 is 40.4 Å². The number of esters is 2. The van der Waals surface area contributed by atoms with Crippen LogP contribution in [0.15, 0.2) is 48.5 Å². The Bertz CT molecular complexity index is 1480. The van der Waals surface area contributed by atoms with E-state index in [9.17, 15) is 24.0 Å². The average Bonchev–Trinajstić information content (AvgIpc) is 2.99. The molecule has 15 heteroatoms. The highest BCUT2D eigenvalue weighted by atomic mass is 35.5. The van der Waals surface area contributed by atoms with E-state index in [2.05, 4.69) is 5.32 Å². The predicted molar refractivity (Wildman–Crippen MR) is 194 cm³/mol. The van der Waals surface area contributed by atoms with Crippen LogP contribution in [0.3, 0.4) is 0 Å². The lowest BCUT2D eigenvalue weighted by Gasteiger charge is -2.48. The minimum absolute atomic E-state index is 0.140. The lowest BCUT2D eigenvalue weighted by molar-refractivity contribution is -0.159. The zero-order valence-corrected chi connectivity index (χ0v) is 32.1. The van der Waals surface area contributed by atoms with Crippen LogP contribution < -0.4 is 11.1 Å². The van der Waals surface area contributed by atoms with E-state index in [4.69, 9.17) is 47.9 Å². The fourth-order valence-corrected chi connectivity index (χ4v) is 4.80. The molecule has 13 nitrogen and oxygen atoms in total. The summed E-state index contributed by atoms with van der Waals surface area (Å²) in [4.78, 5) is 60.6. The molecular weight excluding hydrogens is 703 g/mol. The summed E-state index contributed by atoms with van der Waals surface area (Å²) in [5.41, 5.74) is 4.33. The van der Waals surface area contributed by atoms with Crippen molar-refractivity contribution in [3.05, 3.63) is 69.7 Å². The molecule has 3 N–H and O–H groups in total. The molecule has 0 radical (unpaired) electrons. The van der Waals surface area contributed by atoms with Crippen molar-refractivity contribution >= 4 is 53.6 Å². The summed E-state index contributed by atoms with van der Waals surface area (Å²) in [6.45, 7) is 16.0. The minimum atomic E-state index is -1.08. The van der Waals surface area contributed by atoms with Crippen molar-refractivity contribution in [1.82, 2.24) is 15.1 Å². The smallest absolute Gasteiger partial charge is 0.410 e. The van der Waals surface area contributed by atoms with Gasteiger partial charge in [-0.1, -0.05) is 47.5 Å². The van der Waals surface area contributed by atoms with Gasteiger partial charge >= 0.3 is 24.1 Å². The summed E-state index contributed by atoms with van der Waals surface area (Å²) in [5, 5.41) is 4.54. The van der Waals surface area contributed by atoms with Crippen molar-refractivity contribution in [3.8, 4) is 0 Å². The van der Waals surface area contributed by atoms with Gasteiger partial charge < -0.3 is 34.5 Å². The Balaban J connectivity index is 0.000000297. The van der Waals surface area contributed by atoms with Crippen LogP contribution in [0.4, 0.5) is 9.59 Å². The normalized spacial score (nSPS) is 15.6. The Morgan fingerprint density at radius 2 is 1.16 bits per heavy atom. The standard InChI is InChI=1S/C18H25ClN2O4.C11H20N2O4.C7H5ClO/c1-5-24-15(22)18(20-10-13-6-8-14(19)9-7-13)11-21(12-18)16(23)25-17(2,3)4;1-5-16-8(14)11(12)6-13(7-11)9(15)17-10(2,3)4;8-7-3-1-6(5-9)2-4-7/h6-9,20H,5,10-12H2,1-4H3;5-7,12H2,1-4H3;1-5H. The first kappa shape index (κ1) is 43.3. The highest BCUT2D eigenvalue weighted by Gasteiger charge is 2.53. The van der Waals surface area contributed by atoms with Gasteiger partial charge in [0.15, 0.2) is 11.1 Å². The van der Waals surface area contributed by atoms with Gasteiger partial charge in [0.1, 0.15) is 17.5 Å². The Morgan fingerprint density at radius 1 is 0.745 bits per heavy atom. The van der Waals surface area contributed by atoms with E-state index in [0.717, 1.165) is 11.8 Å². The maximum absolute atomic E-state index is 12.4. The maximum atomic E-state index is 12.4.